The van der Waals surface area contributed by atoms with E-state index in [2.05, 4.69) is 31.0 Å². The maximum Gasteiger partial charge on any atom is 0.289 e. The Hall–Kier alpha value is -3.54. The van der Waals surface area contributed by atoms with Gasteiger partial charge in [0.2, 0.25) is 0 Å². The minimum absolute atomic E-state index is 0.0579. The molecule has 6 nitrogen and oxygen atoms in total. The molecule has 0 aliphatic carbocycles. The number of nitrogens with one attached hydrogen (secondary N) is 1. The number of carbonyl (C=O) groups is 2. The summed E-state index contributed by atoms with van der Waals surface area (Å²) in [6, 6.07) is 19.0. The van der Waals surface area contributed by atoms with Crippen LogP contribution in [0.15, 0.2) is 71.3 Å². The summed E-state index contributed by atoms with van der Waals surface area (Å²) < 4.78 is 5.22. The van der Waals surface area contributed by atoms with Crippen molar-refractivity contribution in [1.29, 1.82) is 0 Å². The number of rotatable bonds is 4. The molecule has 1 aliphatic heterocycles. The summed E-state index contributed by atoms with van der Waals surface area (Å²) in [6.45, 7) is 9.24. The van der Waals surface area contributed by atoms with E-state index in [1.165, 1.54) is 11.8 Å². The van der Waals surface area contributed by atoms with Crippen molar-refractivity contribution < 1.29 is 14.0 Å². The molecule has 0 radical (unpaired) electrons. The van der Waals surface area contributed by atoms with Crippen LogP contribution in [0.3, 0.4) is 0 Å². The quantitative estimate of drug-likeness (QED) is 0.645. The molecule has 0 saturated carbocycles. The predicted octanol–water partition coefficient (Wildman–Crippen LogP) is 4.79. The molecule has 1 aromatic heterocycles. The van der Waals surface area contributed by atoms with Crippen molar-refractivity contribution in [3.8, 4) is 0 Å². The minimum Gasteiger partial charge on any atom is -0.459 e. The zero-order valence-corrected chi connectivity index (χ0v) is 18.8. The molecule has 2 aromatic carbocycles. The Bertz CT molecular complexity index is 1060. The summed E-state index contributed by atoms with van der Waals surface area (Å²) in [5, 5.41) is 2.96. The largest absolute Gasteiger partial charge is 0.459 e. The number of nitrogens with zero attached hydrogens (tertiary/aromatic N) is 2. The zero-order chi connectivity index (χ0) is 22.7. The lowest BCUT2D eigenvalue weighted by Gasteiger charge is -2.35. The van der Waals surface area contributed by atoms with Gasteiger partial charge >= 0.3 is 0 Å². The second kappa shape index (κ2) is 8.91. The highest BCUT2D eigenvalue weighted by Crippen LogP contribution is 2.23. The van der Waals surface area contributed by atoms with Crippen molar-refractivity contribution in [1.82, 2.24) is 4.90 Å². The van der Waals surface area contributed by atoms with E-state index in [1.54, 1.807) is 12.1 Å². The first-order valence-electron chi connectivity index (χ1n) is 10.9. The third kappa shape index (κ3) is 4.85. The van der Waals surface area contributed by atoms with E-state index in [9.17, 15) is 9.59 Å². The van der Waals surface area contributed by atoms with Crippen molar-refractivity contribution >= 4 is 23.2 Å². The first kappa shape index (κ1) is 21.7. The van der Waals surface area contributed by atoms with E-state index in [4.69, 9.17) is 4.42 Å². The average molecular weight is 432 g/mol. The fourth-order valence-electron chi connectivity index (χ4n) is 3.80. The van der Waals surface area contributed by atoms with Crippen LogP contribution >= 0.6 is 0 Å². The molecule has 3 aromatic rings. The highest BCUT2D eigenvalue weighted by molar-refractivity contribution is 6.04. The second-order valence-electron chi connectivity index (χ2n) is 9.08. The van der Waals surface area contributed by atoms with Crippen LogP contribution in [-0.2, 0) is 5.41 Å². The van der Waals surface area contributed by atoms with E-state index in [0.717, 1.165) is 24.5 Å². The second-order valence-corrected chi connectivity index (χ2v) is 9.08. The van der Waals surface area contributed by atoms with Gasteiger partial charge in [0, 0.05) is 43.1 Å². The maximum atomic E-state index is 12.6. The molecule has 1 aliphatic rings. The Morgan fingerprint density at radius 2 is 1.53 bits per heavy atom. The number of amides is 2. The lowest BCUT2D eigenvalue weighted by atomic mass is 9.87. The van der Waals surface area contributed by atoms with Gasteiger partial charge in [-0.1, -0.05) is 32.9 Å². The number of hydrogen-bond acceptors (Lipinski definition) is 4. The Morgan fingerprint density at radius 1 is 0.875 bits per heavy atom. The highest BCUT2D eigenvalue weighted by atomic mass is 16.3. The number of hydrogen-bond donors (Lipinski definition) is 1. The van der Waals surface area contributed by atoms with Crippen LogP contribution in [-0.4, -0.2) is 42.9 Å². The molecule has 6 heteroatoms. The van der Waals surface area contributed by atoms with Gasteiger partial charge in [-0.15, -0.1) is 0 Å². The van der Waals surface area contributed by atoms with Gasteiger partial charge in [-0.25, -0.2) is 0 Å². The van der Waals surface area contributed by atoms with Crippen LogP contribution in [0.5, 0.6) is 0 Å². The molecule has 4 rings (SSSR count). The summed E-state index contributed by atoms with van der Waals surface area (Å²) in [7, 11) is 0. The van der Waals surface area contributed by atoms with Crippen LogP contribution in [0.1, 0.15) is 47.2 Å². The smallest absolute Gasteiger partial charge is 0.289 e. The summed E-state index contributed by atoms with van der Waals surface area (Å²) in [6.07, 6.45) is 1.52. The third-order valence-electron chi connectivity index (χ3n) is 5.80. The van der Waals surface area contributed by atoms with Crippen LogP contribution < -0.4 is 10.2 Å². The molecule has 32 heavy (non-hydrogen) atoms. The Balaban J connectivity index is 1.32. The van der Waals surface area contributed by atoms with E-state index in [1.807, 2.05) is 53.4 Å². The first-order chi connectivity index (χ1) is 15.3. The monoisotopic (exact) mass is 431 g/mol. The Labute approximate surface area is 188 Å². The summed E-state index contributed by atoms with van der Waals surface area (Å²) in [4.78, 5) is 29.1. The maximum absolute atomic E-state index is 12.6. The molecule has 0 atom stereocenters. The molecule has 0 spiro atoms. The lowest BCUT2D eigenvalue weighted by molar-refractivity contribution is 0.0714. The molecule has 0 unspecified atom stereocenters. The molecule has 2 heterocycles. The van der Waals surface area contributed by atoms with Crippen molar-refractivity contribution in [2.24, 2.45) is 0 Å². The molecule has 1 saturated heterocycles. The zero-order valence-electron chi connectivity index (χ0n) is 18.8. The summed E-state index contributed by atoms with van der Waals surface area (Å²) in [5.74, 6) is 0.193. The Morgan fingerprint density at radius 3 is 2.09 bits per heavy atom. The van der Waals surface area contributed by atoms with Crippen LogP contribution in [0, 0.1) is 0 Å². The van der Waals surface area contributed by atoms with Gasteiger partial charge in [-0.05, 0) is 59.5 Å². The van der Waals surface area contributed by atoms with E-state index in [-0.39, 0.29) is 17.2 Å². The van der Waals surface area contributed by atoms with E-state index in [0.29, 0.717) is 24.4 Å². The number of anilines is 2. The SMILES string of the molecule is CC(C)(C)c1ccc(C(=O)Nc2ccc(N3CCN(C(=O)c4ccco4)CC3)cc2)cc1. The summed E-state index contributed by atoms with van der Waals surface area (Å²) >= 11 is 0. The van der Waals surface area contributed by atoms with Gasteiger partial charge in [0.25, 0.3) is 11.8 Å². The van der Waals surface area contributed by atoms with Gasteiger partial charge in [0.15, 0.2) is 5.76 Å². The van der Waals surface area contributed by atoms with Gasteiger partial charge in [-0.2, -0.15) is 0 Å². The molecular formula is C26H29N3O3. The van der Waals surface area contributed by atoms with Gasteiger partial charge in [-0.3, -0.25) is 9.59 Å². The molecule has 0 bridgehead atoms. The fourth-order valence-corrected chi connectivity index (χ4v) is 3.80. The number of furan rings is 1. The number of carbonyl (C=O) groups excluding carboxylic acids is 2. The number of piperazine rings is 1. The van der Waals surface area contributed by atoms with E-state index >= 15 is 0 Å². The minimum atomic E-state index is -0.122. The van der Waals surface area contributed by atoms with Crippen LogP contribution in [0.2, 0.25) is 0 Å². The van der Waals surface area contributed by atoms with Gasteiger partial charge < -0.3 is 19.5 Å². The third-order valence-corrected chi connectivity index (χ3v) is 5.80. The topological polar surface area (TPSA) is 65.8 Å². The first-order valence-corrected chi connectivity index (χ1v) is 10.9. The van der Waals surface area contributed by atoms with E-state index < -0.39 is 0 Å². The van der Waals surface area contributed by atoms with Crippen molar-refractivity contribution in [3.63, 3.8) is 0 Å². The summed E-state index contributed by atoms with van der Waals surface area (Å²) in [5.41, 5.74) is 3.72. The van der Waals surface area contributed by atoms with Crippen LogP contribution in [0.4, 0.5) is 11.4 Å². The predicted molar refractivity (Wildman–Crippen MR) is 126 cm³/mol. The molecule has 2 amide bonds. The van der Waals surface area contributed by atoms with Crippen molar-refractivity contribution in [2.45, 2.75) is 26.2 Å². The normalized spacial score (nSPS) is 14.3. The van der Waals surface area contributed by atoms with Gasteiger partial charge in [0.05, 0.1) is 6.26 Å². The molecule has 1 N–H and O–H groups in total. The van der Waals surface area contributed by atoms with Crippen LogP contribution in [0.25, 0.3) is 0 Å². The van der Waals surface area contributed by atoms with Gasteiger partial charge in [0.1, 0.15) is 0 Å². The average Bonchev–Trinajstić information content (AvgIpc) is 3.34. The lowest BCUT2D eigenvalue weighted by Crippen LogP contribution is -2.48. The Kier molecular flexibility index (Phi) is 6.04. The standard InChI is InChI=1S/C26H29N3O3/c1-26(2,3)20-8-6-19(7-9-20)24(30)27-21-10-12-22(13-11-21)28-14-16-29(17-15-28)25(31)23-5-4-18-32-23/h4-13,18H,14-17H2,1-3H3,(H,27,30). The molecular weight excluding hydrogens is 402 g/mol. The number of benzene rings is 2. The molecule has 1 fully saturated rings. The highest BCUT2D eigenvalue weighted by Gasteiger charge is 2.23. The fraction of sp³-hybridized carbons (Fsp3) is 0.308. The van der Waals surface area contributed by atoms with Crippen molar-refractivity contribution in [3.05, 3.63) is 83.8 Å². The molecule has 166 valence electrons. The van der Waals surface area contributed by atoms with Crippen molar-refractivity contribution in [2.75, 3.05) is 36.4 Å².